The average molecular weight is 439 g/mol. The quantitative estimate of drug-likeness (QED) is 0.187. The highest BCUT2D eigenvalue weighted by atomic mass is 16.5. The molecule has 2 aromatic carbocycles. The molecule has 0 bridgehead atoms. The van der Waals surface area contributed by atoms with E-state index >= 15 is 0 Å². The zero-order valence-electron chi connectivity index (χ0n) is 19.9. The van der Waals surface area contributed by atoms with Crippen LogP contribution in [0.1, 0.15) is 94.5 Å². The first-order valence-electron chi connectivity index (χ1n) is 12.1. The lowest BCUT2D eigenvalue weighted by Crippen LogP contribution is -2.08. The van der Waals surface area contributed by atoms with Gasteiger partial charge in [0.1, 0.15) is 5.75 Å². The van der Waals surface area contributed by atoms with Gasteiger partial charge < -0.3 is 9.84 Å². The minimum absolute atomic E-state index is 0.174. The first kappa shape index (κ1) is 25.6. The highest BCUT2D eigenvalue weighted by Gasteiger charge is 2.13. The Morgan fingerprint density at radius 3 is 2.19 bits per heavy atom. The summed E-state index contributed by atoms with van der Waals surface area (Å²) >= 11 is 0. The summed E-state index contributed by atoms with van der Waals surface area (Å²) in [6, 6.07) is 12.7. The summed E-state index contributed by atoms with van der Waals surface area (Å²) < 4.78 is 5.64. The van der Waals surface area contributed by atoms with Crippen molar-refractivity contribution < 1.29 is 19.4 Å². The van der Waals surface area contributed by atoms with E-state index in [0.29, 0.717) is 18.1 Å². The van der Waals surface area contributed by atoms with E-state index in [-0.39, 0.29) is 11.5 Å². The Hall–Kier alpha value is -2.62. The van der Waals surface area contributed by atoms with E-state index in [0.717, 1.165) is 42.4 Å². The van der Waals surface area contributed by atoms with Crippen LogP contribution in [-0.2, 0) is 11.2 Å². The molecule has 0 aliphatic carbocycles. The maximum absolute atomic E-state index is 12.3. The van der Waals surface area contributed by atoms with E-state index in [1.54, 1.807) is 12.1 Å². The fourth-order valence-corrected chi connectivity index (χ4v) is 3.81. The lowest BCUT2D eigenvalue weighted by atomic mass is 9.91. The van der Waals surface area contributed by atoms with Crippen molar-refractivity contribution in [3.63, 3.8) is 0 Å². The molecule has 0 saturated carbocycles. The lowest BCUT2D eigenvalue weighted by molar-refractivity contribution is -0.134. The highest BCUT2D eigenvalue weighted by molar-refractivity contribution is 5.88. The Morgan fingerprint density at radius 1 is 0.906 bits per heavy atom. The number of carbonyl (C=O) groups excluding carboxylic acids is 1. The molecule has 4 nitrogen and oxygen atoms in total. The molecule has 0 radical (unpaired) electrons. The fourth-order valence-electron chi connectivity index (χ4n) is 3.81. The summed E-state index contributed by atoms with van der Waals surface area (Å²) in [7, 11) is 0. The molecule has 32 heavy (non-hydrogen) atoms. The Balaban J connectivity index is 2.03. The van der Waals surface area contributed by atoms with Crippen molar-refractivity contribution in [2.45, 2.75) is 85.0 Å². The van der Waals surface area contributed by atoms with Gasteiger partial charge in [0.25, 0.3) is 0 Å². The van der Waals surface area contributed by atoms with Gasteiger partial charge in [-0.3, -0.25) is 4.79 Å². The van der Waals surface area contributed by atoms with E-state index in [4.69, 9.17) is 9.84 Å². The number of ether oxygens (including phenoxy) is 1. The van der Waals surface area contributed by atoms with Crippen LogP contribution in [0.5, 0.6) is 5.75 Å². The number of carboxylic acids is 1. The number of hydrogen-bond acceptors (Lipinski definition) is 3. The zero-order valence-corrected chi connectivity index (χ0v) is 19.9. The number of rotatable bonds is 14. The summed E-state index contributed by atoms with van der Waals surface area (Å²) in [5.41, 5.74) is 3.40. The van der Waals surface area contributed by atoms with Gasteiger partial charge in [-0.25, -0.2) is 4.79 Å². The number of hydrogen-bond donors (Lipinski definition) is 1. The molecule has 174 valence electrons. The van der Waals surface area contributed by atoms with Gasteiger partial charge in [-0.05, 0) is 59.7 Å². The lowest BCUT2D eigenvalue weighted by Gasteiger charge is -2.16. The summed E-state index contributed by atoms with van der Waals surface area (Å²) in [5.74, 6) is -0.0286. The van der Waals surface area contributed by atoms with Crippen molar-refractivity contribution in [3.05, 3.63) is 53.6 Å². The van der Waals surface area contributed by atoms with E-state index in [2.05, 4.69) is 20.8 Å². The van der Waals surface area contributed by atoms with Crippen LogP contribution >= 0.6 is 0 Å². The van der Waals surface area contributed by atoms with Crippen molar-refractivity contribution in [1.29, 1.82) is 0 Å². The number of carbonyl (C=O) groups is 2. The van der Waals surface area contributed by atoms with Crippen molar-refractivity contribution >= 4 is 11.9 Å². The molecule has 0 amide bonds. The van der Waals surface area contributed by atoms with Crippen LogP contribution in [0.25, 0.3) is 11.1 Å². The summed E-state index contributed by atoms with van der Waals surface area (Å²) in [5, 5.41) is 9.15. The maximum atomic E-state index is 12.3. The van der Waals surface area contributed by atoms with Gasteiger partial charge in [-0.1, -0.05) is 83.9 Å². The van der Waals surface area contributed by atoms with Gasteiger partial charge in [-0.15, -0.1) is 0 Å². The third kappa shape index (κ3) is 8.49. The predicted octanol–water partition coefficient (Wildman–Crippen LogP) is 7.69. The second-order valence-corrected chi connectivity index (χ2v) is 8.76. The largest absolute Gasteiger partial charge is 0.478 e. The van der Waals surface area contributed by atoms with Crippen LogP contribution in [-0.4, -0.2) is 17.0 Å². The van der Waals surface area contributed by atoms with Crippen molar-refractivity contribution in [3.8, 4) is 16.9 Å². The second kappa shape index (κ2) is 13.7. The Bertz CT molecular complexity index is 854. The molecule has 0 saturated heterocycles. The van der Waals surface area contributed by atoms with Crippen LogP contribution in [0, 0.1) is 5.92 Å². The van der Waals surface area contributed by atoms with Crippen LogP contribution in [0.3, 0.4) is 0 Å². The van der Waals surface area contributed by atoms with E-state index < -0.39 is 5.97 Å². The van der Waals surface area contributed by atoms with Crippen LogP contribution in [0.4, 0.5) is 0 Å². The molecule has 1 N–H and O–H groups in total. The van der Waals surface area contributed by atoms with E-state index in [1.165, 1.54) is 32.1 Å². The SMILES string of the molecule is CCCCCCCCCC(=O)Oc1ccc(-c2ccc(C(=O)O)cc2)c(C[C@@H](C)CC)c1. The molecular formula is C28H38O4. The van der Waals surface area contributed by atoms with Crippen LogP contribution in [0.2, 0.25) is 0 Å². The van der Waals surface area contributed by atoms with Gasteiger partial charge in [0, 0.05) is 6.42 Å². The minimum Gasteiger partial charge on any atom is -0.478 e. The fraction of sp³-hybridized carbons (Fsp3) is 0.500. The van der Waals surface area contributed by atoms with Gasteiger partial charge in [0.2, 0.25) is 0 Å². The molecule has 1 atom stereocenters. The van der Waals surface area contributed by atoms with Crippen molar-refractivity contribution in [2.75, 3.05) is 0 Å². The minimum atomic E-state index is -0.931. The highest BCUT2D eigenvalue weighted by Crippen LogP contribution is 2.30. The Kier molecular flexibility index (Phi) is 11.0. The number of benzene rings is 2. The average Bonchev–Trinajstić information content (AvgIpc) is 2.78. The number of esters is 1. The summed E-state index contributed by atoms with van der Waals surface area (Å²) in [4.78, 5) is 23.5. The molecular weight excluding hydrogens is 400 g/mol. The molecule has 2 rings (SSSR count). The predicted molar refractivity (Wildman–Crippen MR) is 130 cm³/mol. The number of aromatic carboxylic acids is 1. The third-order valence-corrected chi connectivity index (χ3v) is 6.00. The monoisotopic (exact) mass is 438 g/mol. The van der Waals surface area contributed by atoms with Crippen molar-refractivity contribution in [1.82, 2.24) is 0 Å². The van der Waals surface area contributed by atoms with Crippen molar-refractivity contribution in [2.24, 2.45) is 5.92 Å². The van der Waals surface area contributed by atoms with Gasteiger partial charge in [0.05, 0.1) is 5.56 Å². The topological polar surface area (TPSA) is 63.6 Å². The van der Waals surface area contributed by atoms with Crippen LogP contribution < -0.4 is 4.74 Å². The molecule has 0 aromatic heterocycles. The molecule has 2 aromatic rings. The van der Waals surface area contributed by atoms with Gasteiger partial charge in [-0.2, -0.15) is 0 Å². The van der Waals surface area contributed by atoms with Crippen LogP contribution in [0.15, 0.2) is 42.5 Å². The van der Waals surface area contributed by atoms with Gasteiger partial charge >= 0.3 is 11.9 Å². The smallest absolute Gasteiger partial charge is 0.335 e. The third-order valence-electron chi connectivity index (χ3n) is 6.00. The molecule has 4 heteroatoms. The maximum Gasteiger partial charge on any atom is 0.335 e. The molecule has 0 unspecified atom stereocenters. The standard InChI is InChI=1S/C28H38O4/c1-4-6-7-8-9-10-11-12-27(29)32-25-17-18-26(24(20-25)19-21(3)5-2)22-13-15-23(16-14-22)28(30)31/h13-18,20-21H,4-12,19H2,1-3H3,(H,30,31)/t21-/m0/s1. The summed E-state index contributed by atoms with van der Waals surface area (Å²) in [6.07, 6.45) is 10.6. The summed E-state index contributed by atoms with van der Waals surface area (Å²) in [6.45, 7) is 6.58. The zero-order chi connectivity index (χ0) is 23.3. The van der Waals surface area contributed by atoms with E-state index in [1.807, 2.05) is 30.3 Å². The molecule has 0 spiro atoms. The first-order chi connectivity index (χ1) is 15.4. The Morgan fingerprint density at radius 2 is 1.56 bits per heavy atom. The Labute approximate surface area is 193 Å². The molecule has 0 aliphatic rings. The van der Waals surface area contributed by atoms with Gasteiger partial charge in [0.15, 0.2) is 0 Å². The first-order valence-corrected chi connectivity index (χ1v) is 12.1. The van der Waals surface area contributed by atoms with E-state index in [9.17, 15) is 9.59 Å². The molecule has 0 fully saturated rings. The number of carboxylic acid groups (broad SMARTS) is 1. The second-order valence-electron chi connectivity index (χ2n) is 8.76. The normalized spacial score (nSPS) is 11.8. The molecule has 0 aliphatic heterocycles. The molecule has 0 heterocycles. The number of unbranched alkanes of at least 4 members (excludes halogenated alkanes) is 6.